The van der Waals surface area contributed by atoms with Crippen molar-refractivity contribution in [1.29, 1.82) is 0 Å². The molecule has 166 valence electrons. The van der Waals surface area contributed by atoms with Crippen molar-refractivity contribution in [3.05, 3.63) is 129 Å². The second kappa shape index (κ2) is 10.6. The molecular weight excluding hydrogens is 438 g/mol. The van der Waals surface area contributed by atoms with Gasteiger partial charge in [0.2, 0.25) is 0 Å². The van der Waals surface area contributed by atoms with Crippen LogP contribution in [0.1, 0.15) is 27.7 Å². The number of aromatic nitrogens is 2. The minimum atomic E-state index is -0.403. The molecule has 1 aromatic heterocycles. The zero-order chi connectivity index (χ0) is 23.0. The summed E-state index contributed by atoms with van der Waals surface area (Å²) in [6, 6.07) is 28.6. The van der Waals surface area contributed by atoms with Gasteiger partial charge in [-0.2, -0.15) is 5.10 Å². The van der Waals surface area contributed by atoms with Gasteiger partial charge in [0.25, 0.3) is 11.5 Å². The first-order chi connectivity index (χ1) is 16.1. The Morgan fingerprint density at radius 3 is 2.21 bits per heavy atom. The van der Waals surface area contributed by atoms with Crippen molar-refractivity contribution in [2.45, 2.75) is 12.6 Å². The number of nitrogens with one attached hydrogen (secondary N) is 1. The number of amides is 1. The van der Waals surface area contributed by atoms with E-state index in [9.17, 15) is 9.59 Å². The molecule has 0 aliphatic heterocycles. The fourth-order valence-electron chi connectivity index (χ4n) is 3.36. The Balaban J connectivity index is 1.51. The summed E-state index contributed by atoms with van der Waals surface area (Å²) in [6.07, 6.45) is 0. The van der Waals surface area contributed by atoms with Gasteiger partial charge in [-0.05, 0) is 41.5 Å². The van der Waals surface area contributed by atoms with Crippen molar-refractivity contribution in [3.8, 4) is 5.75 Å². The highest BCUT2D eigenvalue weighted by Gasteiger charge is 2.19. The van der Waals surface area contributed by atoms with Crippen LogP contribution in [-0.2, 0) is 6.54 Å². The van der Waals surface area contributed by atoms with Gasteiger partial charge >= 0.3 is 0 Å². The van der Waals surface area contributed by atoms with Crippen molar-refractivity contribution < 1.29 is 9.53 Å². The van der Waals surface area contributed by atoms with E-state index in [1.807, 2.05) is 72.8 Å². The lowest BCUT2D eigenvalue weighted by Gasteiger charge is -2.20. The van der Waals surface area contributed by atoms with Gasteiger partial charge in [0.05, 0.1) is 12.6 Å². The number of carbonyl (C=O) groups is 1. The molecule has 0 saturated heterocycles. The summed E-state index contributed by atoms with van der Waals surface area (Å²) in [7, 11) is 0. The summed E-state index contributed by atoms with van der Waals surface area (Å²) < 4.78 is 6.88. The monoisotopic (exact) mass is 459 g/mol. The molecule has 4 aromatic rings. The van der Waals surface area contributed by atoms with Gasteiger partial charge in [0.15, 0.2) is 0 Å². The first-order valence-corrected chi connectivity index (χ1v) is 10.9. The van der Waals surface area contributed by atoms with E-state index in [1.165, 1.54) is 16.8 Å². The minimum absolute atomic E-state index is 0.143. The molecule has 3 aromatic carbocycles. The van der Waals surface area contributed by atoms with Crippen molar-refractivity contribution in [1.82, 2.24) is 15.1 Å². The third kappa shape index (κ3) is 5.87. The second-order valence-corrected chi connectivity index (χ2v) is 7.75. The van der Waals surface area contributed by atoms with Gasteiger partial charge in [0, 0.05) is 11.1 Å². The van der Waals surface area contributed by atoms with Crippen LogP contribution in [0.5, 0.6) is 5.75 Å². The first kappa shape index (κ1) is 22.3. The Morgan fingerprint density at radius 1 is 0.879 bits per heavy atom. The number of hydrogen-bond donors (Lipinski definition) is 1. The Hall–Kier alpha value is -3.90. The van der Waals surface area contributed by atoms with Crippen LogP contribution in [0.3, 0.4) is 0 Å². The largest absolute Gasteiger partial charge is 0.492 e. The van der Waals surface area contributed by atoms with Gasteiger partial charge in [-0.25, -0.2) is 4.68 Å². The molecule has 0 radical (unpaired) electrons. The molecule has 1 amide bonds. The lowest BCUT2D eigenvalue weighted by Crippen LogP contribution is -2.33. The normalized spacial score (nSPS) is 11.5. The summed E-state index contributed by atoms with van der Waals surface area (Å²) in [5, 5.41) is 7.89. The number of halogens is 1. The first-order valence-electron chi connectivity index (χ1n) is 10.5. The van der Waals surface area contributed by atoms with Crippen molar-refractivity contribution >= 4 is 17.5 Å². The molecule has 1 unspecified atom stereocenters. The highest BCUT2D eigenvalue weighted by Crippen LogP contribution is 2.24. The highest BCUT2D eigenvalue weighted by atomic mass is 35.5. The fourth-order valence-corrected chi connectivity index (χ4v) is 3.49. The minimum Gasteiger partial charge on any atom is -0.492 e. The molecule has 1 N–H and O–H groups in total. The molecule has 0 aliphatic carbocycles. The molecule has 0 bridgehead atoms. The Labute approximate surface area is 196 Å². The Bertz CT molecular complexity index is 1260. The van der Waals surface area contributed by atoms with Crippen molar-refractivity contribution in [2.24, 2.45) is 0 Å². The van der Waals surface area contributed by atoms with E-state index in [-0.39, 0.29) is 24.4 Å². The predicted octanol–water partition coefficient (Wildman–Crippen LogP) is 4.50. The lowest BCUT2D eigenvalue weighted by atomic mass is 9.98. The Kier molecular flexibility index (Phi) is 7.17. The highest BCUT2D eigenvalue weighted by molar-refractivity contribution is 6.30. The topological polar surface area (TPSA) is 73.2 Å². The molecule has 0 fully saturated rings. The van der Waals surface area contributed by atoms with Crippen molar-refractivity contribution in [3.63, 3.8) is 0 Å². The van der Waals surface area contributed by atoms with Crippen molar-refractivity contribution in [2.75, 3.05) is 6.61 Å². The smallest absolute Gasteiger partial charge is 0.272 e. The molecule has 1 heterocycles. The van der Waals surface area contributed by atoms with E-state index in [2.05, 4.69) is 10.4 Å². The lowest BCUT2D eigenvalue weighted by molar-refractivity contribution is 0.0935. The number of nitrogens with zero attached hydrogens (tertiary/aromatic N) is 2. The number of para-hydroxylation sites is 1. The van der Waals surface area contributed by atoms with Gasteiger partial charge in [-0.1, -0.05) is 72.3 Å². The summed E-state index contributed by atoms with van der Waals surface area (Å²) in [5.74, 6) is 0.310. The number of rotatable bonds is 8. The predicted molar refractivity (Wildman–Crippen MR) is 128 cm³/mol. The van der Waals surface area contributed by atoms with Crippen LogP contribution in [0.2, 0.25) is 5.02 Å². The number of benzene rings is 3. The fraction of sp³-hybridized carbons (Fsp3) is 0.115. The maximum absolute atomic E-state index is 13.1. The van der Waals surface area contributed by atoms with Crippen LogP contribution in [0.25, 0.3) is 0 Å². The van der Waals surface area contributed by atoms with Crippen LogP contribution < -0.4 is 15.6 Å². The van der Waals surface area contributed by atoms with E-state index in [4.69, 9.17) is 16.3 Å². The molecule has 0 saturated carbocycles. The summed E-state index contributed by atoms with van der Waals surface area (Å²) >= 11 is 6.04. The molecular formula is C26H22ClN3O3. The second-order valence-electron chi connectivity index (χ2n) is 7.31. The molecule has 6 nitrogen and oxygen atoms in total. The van der Waals surface area contributed by atoms with Crippen LogP contribution in [0.4, 0.5) is 0 Å². The summed E-state index contributed by atoms with van der Waals surface area (Å²) in [5.41, 5.74) is 1.63. The molecule has 0 aliphatic rings. The molecule has 1 atom stereocenters. The quantitative estimate of drug-likeness (QED) is 0.421. The van der Waals surface area contributed by atoms with Crippen LogP contribution in [0, 0.1) is 0 Å². The molecule has 4 rings (SSSR count). The zero-order valence-electron chi connectivity index (χ0n) is 17.7. The van der Waals surface area contributed by atoms with Gasteiger partial charge in [-0.15, -0.1) is 0 Å². The van der Waals surface area contributed by atoms with E-state index in [0.29, 0.717) is 10.8 Å². The van der Waals surface area contributed by atoms with E-state index in [0.717, 1.165) is 11.1 Å². The average Bonchev–Trinajstić information content (AvgIpc) is 2.85. The summed E-state index contributed by atoms with van der Waals surface area (Å²) in [4.78, 5) is 25.3. The molecule has 7 heteroatoms. The zero-order valence-corrected chi connectivity index (χ0v) is 18.5. The summed E-state index contributed by atoms with van der Waals surface area (Å²) in [6.45, 7) is 0.466. The maximum Gasteiger partial charge on any atom is 0.272 e. The van der Waals surface area contributed by atoms with Gasteiger partial charge in [0.1, 0.15) is 18.1 Å². The van der Waals surface area contributed by atoms with Crippen LogP contribution >= 0.6 is 11.6 Å². The third-order valence-corrected chi connectivity index (χ3v) is 5.28. The maximum atomic E-state index is 13.1. The van der Waals surface area contributed by atoms with E-state index in [1.54, 1.807) is 12.1 Å². The molecule has 33 heavy (non-hydrogen) atoms. The van der Waals surface area contributed by atoms with E-state index < -0.39 is 11.9 Å². The van der Waals surface area contributed by atoms with Crippen LogP contribution in [-0.4, -0.2) is 22.3 Å². The number of hydrogen-bond acceptors (Lipinski definition) is 4. The average molecular weight is 460 g/mol. The number of carbonyl (C=O) groups excluding carboxylic acids is 1. The molecule has 0 spiro atoms. The Morgan fingerprint density at radius 2 is 1.52 bits per heavy atom. The SMILES string of the molecule is O=C(NC(c1ccccc1)c1ccc(Cl)cc1)c1ccc(=O)n(CCOc2ccccc2)n1. The number of ether oxygens (including phenoxy) is 1. The van der Waals surface area contributed by atoms with E-state index >= 15 is 0 Å². The third-order valence-electron chi connectivity index (χ3n) is 5.03. The van der Waals surface area contributed by atoms with Gasteiger partial charge < -0.3 is 10.1 Å². The van der Waals surface area contributed by atoms with Gasteiger partial charge in [-0.3, -0.25) is 9.59 Å². The van der Waals surface area contributed by atoms with Crippen LogP contribution in [0.15, 0.2) is 102 Å². The standard InChI is InChI=1S/C26H22ClN3O3/c27-21-13-11-20(12-14-21)25(19-7-3-1-4-8-19)28-26(32)23-15-16-24(31)30(29-23)17-18-33-22-9-5-2-6-10-22/h1-16,25H,17-18H2,(H,28,32).